The van der Waals surface area contributed by atoms with Crippen molar-refractivity contribution in [3.05, 3.63) is 78.1 Å². The maximum absolute atomic E-state index is 12.5. The number of aromatic nitrogens is 2. The van der Waals surface area contributed by atoms with Gasteiger partial charge < -0.3 is 10.1 Å². The Bertz CT molecular complexity index is 1270. The summed E-state index contributed by atoms with van der Waals surface area (Å²) in [7, 11) is -3.89. The molecule has 0 unspecified atom stereocenters. The van der Waals surface area contributed by atoms with Crippen molar-refractivity contribution in [2.75, 3.05) is 16.6 Å². The Labute approximate surface area is 191 Å². The maximum Gasteiger partial charge on any atom is 0.266 e. The van der Waals surface area contributed by atoms with Gasteiger partial charge in [0.2, 0.25) is 5.95 Å². The van der Waals surface area contributed by atoms with E-state index in [0.717, 1.165) is 6.42 Å². The fourth-order valence-electron chi connectivity index (χ4n) is 2.64. The summed E-state index contributed by atoms with van der Waals surface area (Å²) >= 11 is 0. The zero-order valence-corrected chi connectivity index (χ0v) is 18.5. The van der Waals surface area contributed by atoms with E-state index in [-0.39, 0.29) is 16.4 Å². The largest absolute Gasteiger partial charge is 0.494 e. The molecule has 0 atom stereocenters. The lowest BCUT2D eigenvalue weighted by Crippen LogP contribution is -2.16. The first kappa shape index (κ1) is 23.4. The van der Waals surface area contributed by atoms with Crippen molar-refractivity contribution in [2.24, 2.45) is 0 Å². The van der Waals surface area contributed by atoms with Gasteiger partial charge in [-0.15, -0.1) is 0 Å². The van der Waals surface area contributed by atoms with Gasteiger partial charge >= 0.3 is 0 Å². The normalized spacial score (nSPS) is 11.3. The molecule has 3 rings (SSSR count). The molecule has 2 aromatic carbocycles. The third kappa shape index (κ3) is 6.62. The van der Waals surface area contributed by atoms with Crippen LogP contribution in [0.5, 0.6) is 5.75 Å². The first-order valence-corrected chi connectivity index (χ1v) is 11.5. The van der Waals surface area contributed by atoms with E-state index in [0.29, 0.717) is 23.6 Å². The number of ether oxygens (including phenoxy) is 1. The Morgan fingerprint density at radius 3 is 2.36 bits per heavy atom. The number of nitrogens with one attached hydrogen (secondary N) is 2. The minimum atomic E-state index is -3.89. The molecule has 0 aliphatic heterocycles. The molecule has 1 aromatic heterocycles. The fraction of sp³-hybridized carbons (Fsp3) is 0.130. The molecule has 0 spiro atoms. The molecule has 0 radical (unpaired) electrons. The quantitative estimate of drug-likeness (QED) is 0.366. The van der Waals surface area contributed by atoms with Gasteiger partial charge in [-0.3, -0.25) is 4.79 Å². The summed E-state index contributed by atoms with van der Waals surface area (Å²) < 4.78 is 32.7. The molecular formula is C23H21N5O4S. The number of sulfonamides is 1. The molecule has 0 saturated heterocycles. The van der Waals surface area contributed by atoms with Crippen LogP contribution in [0.4, 0.5) is 11.6 Å². The molecule has 2 N–H and O–H groups in total. The van der Waals surface area contributed by atoms with E-state index in [4.69, 9.17) is 4.74 Å². The van der Waals surface area contributed by atoms with Gasteiger partial charge in [0.05, 0.1) is 11.5 Å². The molecule has 168 valence electrons. The summed E-state index contributed by atoms with van der Waals surface area (Å²) in [5.41, 5.74) is 0.900. The van der Waals surface area contributed by atoms with Gasteiger partial charge in [0.25, 0.3) is 15.9 Å². The molecule has 0 saturated carbocycles. The van der Waals surface area contributed by atoms with Crippen molar-refractivity contribution in [3.63, 3.8) is 0 Å². The molecule has 1 heterocycles. The first-order valence-electron chi connectivity index (χ1n) is 9.97. The highest BCUT2D eigenvalue weighted by Crippen LogP contribution is 2.18. The minimum absolute atomic E-state index is 0.0330. The van der Waals surface area contributed by atoms with Crippen LogP contribution in [0.15, 0.2) is 77.5 Å². The van der Waals surface area contributed by atoms with E-state index < -0.39 is 15.9 Å². The topological polar surface area (TPSA) is 134 Å². The number of hydrogen-bond donors (Lipinski definition) is 2. The average molecular weight is 464 g/mol. The van der Waals surface area contributed by atoms with Gasteiger partial charge in [-0.1, -0.05) is 19.1 Å². The zero-order chi connectivity index (χ0) is 23.7. The summed E-state index contributed by atoms with van der Waals surface area (Å²) in [6, 6.07) is 16.0. The second-order valence-corrected chi connectivity index (χ2v) is 8.43. The number of hydrogen-bond acceptors (Lipinski definition) is 7. The lowest BCUT2D eigenvalue weighted by atomic mass is 10.1. The number of anilines is 2. The SMILES string of the molecule is CCCOc1ccc(/C=C(\C#N)C(=O)Nc2ccc(S(=O)(=O)Nc3ncccn3)cc2)cc1. The Hall–Kier alpha value is -4.23. The lowest BCUT2D eigenvalue weighted by Gasteiger charge is -2.08. The number of carbonyl (C=O) groups is 1. The number of amides is 1. The molecule has 1 amide bonds. The number of nitriles is 1. The van der Waals surface area contributed by atoms with Crippen molar-refractivity contribution < 1.29 is 17.9 Å². The second kappa shape index (κ2) is 10.9. The predicted molar refractivity (Wildman–Crippen MR) is 124 cm³/mol. The van der Waals surface area contributed by atoms with Gasteiger partial charge in [0, 0.05) is 18.1 Å². The maximum atomic E-state index is 12.5. The smallest absolute Gasteiger partial charge is 0.266 e. The third-order valence-corrected chi connectivity index (χ3v) is 5.59. The van der Waals surface area contributed by atoms with Crippen molar-refractivity contribution >= 4 is 33.6 Å². The molecule has 9 nitrogen and oxygen atoms in total. The van der Waals surface area contributed by atoms with E-state index in [1.807, 2.05) is 13.0 Å². The summed E-state index contributed by atoms with van der Waals surface area (Å²) in [5.74, 6) is 0.0409. The molecule has 0 aliphatic rings. The molecule has 0 bridgehead atoms. The summed E-state index contributed by atoms with van der Waals surface area (Å²) in [6.07, 6.45) is 5.18. The Balaban J connectivity index is 1.67. The van der Waals surface area contributed by atoms with Crippen LogP contribution in [0.25, 0.3) is 6.08 Å². The number of rotatable bonds is 9. The van der Waals surface area contributed by atoms with Gasteiger partial charge in [-0.05, 0) is 60.5 Å². The zero-order valence-electron chi connectivity index (χ0n) is 17.7. The predicted octanol–water partition coefficient (Wildman–Crippen LogP) is 3.61. The highest BCUT2D eigenvalue weighted by Gasteiger charge is 2.16. The molecule has 3 aromatic rings. The van der Waals surface area contributed by atoms with Crippen molar-refractivity contribution in [3.8, 4) is 11.8 Å². The van der Waals surface area contributed by atoms with E-state index in [9.17, 15) is 18.5 Å². The van der Waals surface area contributed by atoms with Gasteiger partial charge in [-0.25, -0.2) is 23.1 Å². The van der Waals surface area contributed by atoms with E-state index in [1.54, 1.807) is 30.3 Å². The van der Waals surface area contributed by atoms with Crippen LogP contribution in [0, 0.1) is 11.3 Å². The van der Waals surface area contributed by atoms with Crippen molar-refractivity contribution in [1.82, 2.24) is 9.97 Å². The first-order chi connectivity index (χ1) is 15.9. The summed E-state index contributed by atoms with van der Waals surface area (Å²) in [6.45, 7) is 2.62. The second-order valence-electron chi connectivity index (χ2n) is 6.74. The van der Waals surface area contributed by atoms with E-state index in [2.05, 4.69) is 20.0 Å². The highest BCUT2D eigenvalue weighted by atomic mass is 32.2. The average Bonchev–Trinajstić information content (AvgIpc) is 2.82. The van der Waals surface area contributed by atoms with Crippen LogP contribution >= 0.6 is 0 Å². The Kier molecular flexibility index (Phi) is 7.73. The van der Waals surface area contributed by atoms with E-state index in [1.165, 1.54) is 42.7 Å². The van der Waals surface area contributed by atoms with Crippen LogP contribution < -0.4 is 14.8 Å². The fourth-order valence-corrected chi connectivity index (χ4v) is 3.60. The van der Waals surface area contributed by atoms with Crippen molar-refractivity contribution in [2.45, 2.75) is 18.2 Å². The standard InChI is InChI=1S/C23H21N5O4S/c1-2-14-32-20-8-4-17(5-9-20)15-18(16-24)22(29)27-19-6-10-21(11-7-19)33(30,31)28-23-25-12-3-13-26-23/h3-13,15H,2,14H2,1H3,(H,27,29)(H,25,26,28)/b18-15+. The van der Waals surface area contributed by atoms with Crippen LogP contribution in [-0.2, 0) is 14.8 Å². The lowest BCUT2D eigenvalue weighted by molar-refractivity contribution is -0.112. The summed E-state index contributed by atoms with van der Waals surface area (Å²) in [4.78, 5) is 20.1. The number of benzene rings is 2. The minimum Gasteiger partial charge on any atom is -0.494 e. The Morgan fingerprint density at radius 2 is 1.76 bits per heavy atom. The summed E-state index contributed by atoms with van der Waals surface area (Å²) in [5, 5.41) is 12.0. The third-order valence-electron chi connectivity index (χ3n) is 4.24. The Morgan fingerprint density at radius 1 is 1.09 bits per heavy atom. The van der Waals surface area contributed by atoms with Gasteiger partial charge in [0.15, 0.2) is 0 Å². The van der Waals surface area contributed by atoms with Crippen LogP contribution in [-0.4, -0.2) is 30.9 Å². The van der Waals surface area contributed by atoms with Crippen LogP contribution in [0.1, 0.15) is 18.9 Å². The van der Waals surface area contributed by atoms with Crippen LogP contribution in [0.3, 0.4) is 0 Å². The monoisotopic (exact) mass is 463 g/mol. The molecule has 0 aliphatic carbocycles. The molecular weight excluding hydrogens is 442 g/mol. The van der Waals surface area contributed by atoms with Crippen LogP contribution in [0.2, 0.25) is 0 Å². The molecule has 0 fully saturated rings. The number of carbonyl (C=O) groups excluding carboxylic acids is 1. The number of nitrogens with zero attached hydrogens (tertiary/aromatic N) is 3. The molecule has 10 heteroatoms. The highest BCUT2D eigenvalue weighted by molar-refractivity contribution is 7.92. The van der Waals surface area contributed by atoms with Gasteiger partial charge in [0.1, 0.15) is 17.4 Å². The van der Waals surface area contributed by atoms with Gasteiger partial charge in [-0.2, -0.15) is 5.26 Å². The molecule has 33 heavy (non-hydrogen) atoms. The van der Waals surface area contributed by atoms with Crippen molar-refractivity contribution in [1.29, 1.82) is 5.26 Å². The van der Waals surface area contributed by atoms with E-state index >= 15 is 0 Å².